The van der Waals surface area contributed by atoms with Gasteiger partial charge in [-0.3, -0.25) is 0 Å². The molecule has 1 aromatic rings. The molecule has 1 rings (SSSR count). The zero-order valence-electron chi connectivity index (χ0n) is 13.3. The second-order valence-corrected chi connectivity index (χ2v) is 5.26. The number of amides is 2. The molecule has 1 aromatic carbocycles. The number of rotatable bonds is 8. The lowest BCUT2D eigenvalue weighted by Crippen LogP contribution is -2.45. The number of hydrogen-bond donors (Lipinski definition) is 2. The average molecular weight is 294 g/mol. The number of nitrogens with one attached hydrogen (secondary N) is 2. The summed E-state index contributed by atoms with van der Waals surface area (Å²) in [6, 6.07) is 7.96. The molecule has 5 nitrogen and oxygen atoms in total. The van der Waals surface area contributed by atoms with Crippen molar-refractivity contribution in [1.82, 2.24) is 10.6 Å². The predicted molar refractivity (Wildman–Crippen MR) is 83.8 cm³/mol. The van der Waals surface area contributed by atoms with E-state index in [1.165, 1.54) is 5.56 Å². The fourth-order valence-corrected chi connectivity index (χ4v) is 2.03. The number of aryl methyl sites for hydroxylation is 1. The molecule has 0 aliphatic carbocycles. The minimum atomic E-state index is -0.151. The van der Waals surface area contributed by atoms with Gasteiger partial charge < -0.3 is 20.1 Å². The van der Waals surface area contributed by atoms with E-state index < -0.39 is 0 Å². The van der Waals surface area contributed by atoms with Crippen LogP contribution in [0.25, 0.3) is 0 Å². The zero-order chi connectivity index (χ0) is 15.7. The van der Waals surface area contributed by atoms with E-state index in [0.29, 0.717) is 6.61 Å². The van der Waals surface area contributed by atoms with Gasteiger partial charge in [-0.1, -0.05) is 12.1 Å². The molecule has 0 fully saturated rings. The molecule has 0 radical (unpaired) electrons. The Morgan fingerprint density at radius 3 is 2.29 bits per heavy atom. The van der Waals surface area contributed by atoms with Gasteiger partial charge in [0.15, 0.2) is 0 Å². The van der Waals surface area contributed by atoms with Gasteiger partial charge in [-0.25, -0.2) is 4.79 Å². The van der Waals surface area contributed by atoms with E-state index in [1.807, 2.05) is 38.1 Å². The van der Waals surface area contributed by atoms with Crippen molar-refractivity contribution in [3.63, 3.8) is 0 Å². The molecule has 2 atom stereocenters. The summed E-state index contributed by atoms with van der Waals surface area (Å²) in [6.07, 6.45) is 1.80. The minimum Gasteiger partial charge on any atom is -0.497 e. The summed E-state index contributed by atoms with van der Waals surface area (Å²) in [5.74, 6) is 0.858. The molecule has 0 aromatic heterocycles. The Bertz CT molecular complexity index is 420. The largest absolute Gasteiger partial charge is 0.497 e. The first kappa shape index (κ1) is 17.3. The summed E-state index contributed by atoms with van der Waals surface area (Å²) in [5, 5.41) is 5.77. The van der Waals surface area contributed by atoms with E-state index in [9.17, 15) is 4.79 Å². The van der Waals surface area contributed by atoms with Crippen molar-refractivity contribution in [2.24, 2.45) is 0 Å². The Kier molecular flexibility index (Phi) is 7.61. The van der Waals surface area contributed by atoms with E-state index in [2.05, 4.69) is 10.6 Å². The minimum absolute atomic E-state index is 0.00351. The van der Waals surface area contributed by atoms with Crippen molar-refractivity contribution in [2.75, 3.05) is 20.8 Å². The highest BCUT2D eigenvalue weighted by Crippen LogP contribution is 2.13. The number of carbonyl (C=O) groups is 1. The normalized spacial score (nSPS) is 13.3. The van der Waals surface area contributed by atoms with Gasteiger partial charge in [0.25, 0.3) is 0 Å². The van der Waals surface area contributed by atoms with Gasteiger partial charge in [-0.15, -0.1) is 0 Å². The number of benzene rings is 1. The third-order valence-electron chi connectivity index (χ3n) is 3.20. The van der Waals surface area contributed by atoms with E-state index in [1.54, 1.807) is 14.2 Å². The molecular formula is C16H26N2O3. The molecule has 0 heterocycles. The molecule has 0 saturated carbocycles. The van der Waals surface area contributed by atoms with Crippen LogP contribution in [0.1, 0.15) is 25.8 Å². The molecular weight excluding hydrogens is 268 g/mol. The Morgan fingerprint density at radius 1 is 1.10 bits per heavy atom. The van der Waals surface area contributed by atoms with Crippen LogP contribution in [0, 0.1) is 0 Å². The van der Waals surface area contributed by atoms with Gasteiger partial charge in [-0.05, 0) is 44.4 Å². The fraction of sp³-hybridized carbons (Fsp3) is 0.562. The van der Waals surface area contributed by atoms with Gasteiger partial charge >= 0.3 is 6.03 Å². The maximum absolute atomic E-state index is 11.7. The standard InChI is InChI=1S/C16H26N2O3/c1-12(17-16(19)18-13(2)11-20-3)5-6-14-7-9-15(21-4)10-8-14/h7-10,12-13H,5-6,11H2,1-4H3,(H2,17,18,19)/t12-,13+/m0/s1. The van der Waals surface area contributed by atoms with E-state index in [-0.39, 0.29) is 18.1 Å². The van der Waals surface area contributed by atoms with Crippen LogP contribution >= 0.6 is 0 Å². The second kappa shape index (κ2) is 9.23. The highest BCUT2D eigenvalue weighted by molar-refractivity contribution is 5.74. The van der Waals surface area contributed by atoms with Crippen molar-refractivity contribution in [2.45, 2.75) is 38.8 Å². The summed E-state index contributed by atoms with van der Waals surface area (Å²) < 4.78 is 10.1. The van der Waals surface area contributed by atoms with Crippen molar-refractivity contribution >= 4 is 6.03 Å². The Hall–Kier alpha value is -1.75. The molecule has 0 bridgehead atoms. The van der Waals surface area contributed by atoms with Crippen molar-refractivity contribution in [3.05, 3.63) is 29.8 Å². The second-order valence-electron chi connectivity index (χ2n) is 5.26. The number of hydrogen-bond acceptors (Lipinski definition) is 3. The molecule has 118 valence electrons. The third-order valence-corrected chi connectivity index (χ3v) is 3.20. The number of ether oxygens (including phenoxy) is 2. The van der Waals surface area contributed by atoms with Gasteiger partial charge in [0.2, 0.25) is 0 Å². The van der Waals surface area contributed by atoms with Crippen LogP contribution in [0.2, 0.25) is 0 Å². The molecule has 2 amide bonds. The van der Waals surface area contributed by atoms with Crippen LogP contribution in [-0.2, 0) is 11.2 Å². The predicted octanol–water partition coefficient (Wildman–Crippen LogP) is 2.35. The number of methoxy groups -OCH3 is 2. The molecule has 2 N–H and O–H groups in total. The highest BCUT2D eigenvalue weighted by atomic mass is 16.5. The lowest BCUT2D eigenvalue weighted by molar-refractivity contribution is 0.170. The molecule has 0 saturated heterocycles. The molecule has 0 aliphatic rings. The zero-order valence-corrected chi connectivity index (χ0v) is 13.3. The van der Waals surface area contributed by atoms with E-state index in [4.69, 9.17) is 9.47 Å². The molecule has 21 heavy (non-hydrogen) atoms. The van der Waals surface area contributed by atoms with Crippen LogP contribution in [0.4, 0.5) is 4.79 Å². The van der Waals surface area contributed by atoms with Crippen LogP contribution in [0.3, 0.4) is 0 Å². The average Bonchev–Trinajstić information content (AvgIpc) is 2.45. The molecule has 0 spiro atoms. The van der Waals surface area contributed by atoms with Crippen molar-refractivity contribution < 1.29 is 14.3 Å². The number of urea groups is 1. The highest BCUT2D eigenvalue weighted by Gasteiger charge is 2.10. The molecule has 0 unspecified atom stereocenters. The van der Waals surface area contributed by atoms with Crippen LogP contribution < -0.4 is 15.4 Å². The van der Waals surface area contributed by atoms with Gasteiger partial charge in [0.05, 0.1) is 19.8 Å². The summed E-state index contributed by atoms with van der Waals surface area (Å²) in [7, 11) is 3.28. The fourth-order valence-electron chi connectivity index (χ4n) is 2.03. The smallest absolute Gasteiger partial charge is 0.315 e. The quantitative estimate of drug-likeness (QED) is 0.774. The van der Waals surface area contributed by atoms with Gasteiger partial charge in [-0.2, -0.15) is 0 Å². The first-order valence-corrected chi connectivity index (χ1v) is 7.24. The monoisotopic (exact) mass is 294 g/mol. The van der Waals surface area contributed by atoms with Gasteiger partial charge in [0.1, 0.15) is 5.75 Å². The topological polar surface area (TPSA) is 59.6 Å². The number of carbonyl (C=O) groups excluding carboxylic acids is 1. The van der Waals surface area contributed by atoms with Crippen molar-refractivity contribution in [1.29, 1.82) is 0 Å². The molecule has 0 aliphatic heterocycles. The third kappa shape index (κ3) is 6.99. The first-order chi connectivity index (χ1) is 10.0. The lowest BCUT2D eigenvalue weighted by Gasteiger charge is -2.17. The summed E-state index contributed by atoms with van der Waals surface area (Å²) >= 11 is 0. The van der Waals surface area contributed by atoms with E-state index in [0.717, 1.165) is 18.6 Å². The van der Waals surface area contributed by atoms with E-state index >= 15 is 0 Å². The van der Waals surface area contributed by atoms with Gasteiger partial charge in [0, 0.05) is 13.2 Å². The summed E-state index contributed by atoms with van der Waals surface area (Å²) in [6.45, 7) is 4.42. The van der Waals surface area contributed by atoms with Crippen LogP contribution in [0.5, 0.6) is 5.75 Å². The first-order valence-electron chi connectivity index (χ1n) is 7.24. The maximum atomic E-state index is 11.7. The van der Waals surface area contributed by atoms with Crippen LogP contribution in [-0.4, -0.2) is 38.9 Å². The summed E-state index contributed by atoms with van der Waals surface area (Å²) in [5.41, 5.74) is 1.23. The Balaban J connectivity index is 2.29. The Labute approximate surface area is 127 Å². The molecule has 5 heteroatoms. The SMILES string of the molecule is COC[C@@H](C)NC(=O)N[C@@H](C)CCc1ccc(OC)cc1. The van der Waals surface area contributed by atoms with Crippen LogP contribution in [0.15, 0.2) is 24.3 Å². The van der Waals surface area contributed by atoms with Crippen molar-refractivity contribution in [3.8, 4) is 5.75 Å². The lowest BCUT2D eigenvalue weighted by atomic mass is 10.1. The maximum Gasteiger partial charge on any atom is 0.315 e. The summed E-state index contributed by atoms with van der Waals surface area (Å²) in [4.78, 5) is 11.7. The Morgan fingerprint density at radius 2 is 1.71 bits per heavy atom.